The second-order valence-electron chi connectivity index (χ2n) is 5.67. The van der Waals surface area contributed by atoms with Crippen molar-refractivity contribution in [1.82, 2.24) is 10.6 Å². The summed E-state index contributed by atoms with van der Waals surface area (Å²) in [6, 6.07) is 0. The van der Waals surface area contributed by atoms with Gasteiger partial charge in [-0.25, -0.2) is 0 Å². The van der Waals surface area contributed by atoms with Crippen LogP contribution >= 0.6 is 0 Å². The molecule has 0 fully saturated rings. The standard InChI is InChI=1S/C18H33N3O4/c1-3-5-6-7-8-16(4-2)25-15-18(23)21-12-14-24-13-11-20-17(22)9-10-19/h2,16H,3,5-15,19H2,1H3,(H,20,22)(H,21,23). The van der Waals surface area contributed by atoms with Gasteiger partial charge in [-0.2, -0.15) is 0 Å². The molecule has 0 saturated heterocycles. The van der Waals surface area contributed by atoms with Crippen LogP contribution in [0.2, 0.25) is 0 Å². The smallest absolute Gasteiger partial charge is 0.246 e. The van der Waals surface area contributed by atoms with Gasteiger partial charge >= 0.3 is 0 Å². The van der Waals surface area contributed by atoms with Crippen LogP contribution < -0.4 is 16.4 Å². The van der Waals surface area contributed by atoms with Crippen LogP contribution in [0.3, 0.4) is 0 Å². The van der Waals surface area contributed by atoms with Crippen molar-refractivity contribution in [2.24, 2.45) is 5.73 Å². The molecule has 25 heavy (non-hydrogen) atoms. The van der Waals surface area contributed by atoms with E-state index in [2.05, 4.69) is 23.5 Å². The fourth-order valence-corrected chi connectivity index (χ4v) is 2.05. The zero-order chi connectivity index (χ0) is 18.8. The molecular formula is C18H33N3O4. The molecule has 0 rings (SSSR count). The Hall–Kier alpha value is -1.62. The summed E-state index contributed by atoms with van der Waals surface area (Å²) in [5.41, 5.74) is 5.26. The molecule has 0 aromatic rings. The molecule has 0 aliphatic heterocycles. The van der Waals surface area contributed by atoms with Crippen LogP contribution in [0.1, 0.15) is 45.4 Å². The molecule has 0 spiro atoms. The molecule has 2 amide bonds. The second-order valence-corrected chi connectivity index (χ2v) is 5.67. The fraction of sp³-hybridized carbons (Fsp3) is 0.778. The van der Waals surface area contributed by atoms with Gasteiger partial charge in [-0.15, -0.1) is 6.42 Å². The van der Waals surface area contributed by atoms with Crippen molar-refractivity contribution in [3.63, 3.8) is 0 Å². The quantitative estimate of drug-likeness (QED) is 0.277. The Balaban J connectivity index is 3.54. The van der Waals surface area contributed by atoms with Crippen molar-refractivity contribution >= 4 is 11.8 Å². The molecular weight excluding hydrogens is 322 g/mol. The van der Waals surface area contributed by atoms with Crippen LogP contribution in [0.5, 0.6) is 0 Å². The minimum absolute atomic E-state index is 0.0439. The lowest BCUT2D eigenvalue weighted by Crippen LogP contribution is -2.33. The lowest BCUT2D eigenvalue weighted by Gasteiger charge is -2.12. The molecule has 0 aromatic carbocycles. The van der Waals surface area contributed by atoms with E-state index in [4.69, 9.17) is 21.6 Å². The molecule has 0 aromatic heterocycles. The van der Waals surface area contributed by atoms with Crippen molar-refractivity contribution in [2.75, 3.05) is 39.5 Å². The van der Waals surface area contributed by atoms with Gasteiger partial charge in [0.2, 0.25) is 11.8 Å². The molecule has 1 atom stereocenters. The van der Waals surface area contributed by atoms with E-state index in [1.807, 2.05) is 0 Å². The summed E-state index contributed by atoms with van der Waals surface area (Å²) in [4.78, 5) is 22.8. The van der Waals surface area contributed by atoms with Gasteiger partial charge in [0.25, 0.3) is 0 Å². The van der Waals surface area contributed by atoms with Gasteiger partial charge in [0.1, 0.15) is 12.7 Å². The van der Waals surface area contributed by atoms with E-state index in [0.717, 1.165) is 19.3 Å². The minimum Gasteiger partial charge on any atom is -0.378 e. The van der Waals surface area contributed by atoms with Crippen molar-refractivity contribution in [3.05, 3.63) is 0 Å². The first-order valence-corrected chi connectivity index (χ1v) is 9.03. The van der Waals surface area contributed by atoms with Crippen LogP contribution in [-0.4, -0.2) is 57.4 Å². The van der Waals surface area contributed by atoms with Gasteiger partial charge in [-0.05, 0) is 12.8 Å². The zero-order valence-corrected chi connectivity index (χ0v) is 15.4. The summed E-state index contributed by atoms with van der Waals surface area (Å²) in [6.45, 7) is 4.01. The van der Waals surface area contributed by atoms with Gasteiger partial charge in [-0.3, -0.25) is 9.59 Å². The maximum absolute atomic E-state index is 11.7. The molecule has 0 radical (unpaired) electrons. The molecule has 1 unspecified atom stereocenters. The Morgan fingerprint density at radius 1 is 1.12 bits per heavy atom. The topological polar surface area (TPSA) is 103 Å². The SMILES string of the molecule is C#CC(CCCCCC)OCC(=O)NCCOCCNC(=O)CCN. The first-order chi connectivity index (χ1) is 12.1. The maximum atomic E-state index is 11.7. The lowest BCUT2D eigenvalue weighted by atomic mass is 10.1. The molecule has 0 saturated carbocycles. The first-order valence-electron chi connectivity index (χ1n) is 9.03. The number of hydrogen-bond donors (Lipinski definition) is 3. The highest BCUT2D eigenvalue weighted by Crippen LogP contribution is 2.07. The van der Waals surface area contributed by atoms with Gasteiger partial charge in [0.15, 0.2) is 0 Å². The summed E-state index contributed by atoms with van der Waals surface area (Å²) >= 11 is 0. The number of terminal acetylenes is 1. The second kappa shape index (κ2) is 17.2. The van der Waals surface area contributed by atoms with Gasteiger partial charge in [0.05, 0.1) is 13.2 Å². The lowest BCUT2D eigenvalue weighted by molar-refractivity contribution is -0.127. The van der Waals surface area contributed by atoms with Crippen molar-refractivity contribution in [1.29, 1.82) is 0 Å². The molecule has 7 heteroatoms. The third-order valence-corrected chi connectivity index (χ3v) is 3.43. The first kappa shape index (κ1) is 23.4. The average Bonchev–Trinajstić information content (AvgIpc) is 2.60. The number of rotatable bonds is 16. The maximum Gasteiger partial charge on any atom is 0.246 e. The number of ether oxygens (including phenoxy) is 2. The van der Waals surface area contributed by atoms with E-state index in [9.17, 15) is 9.59 Å². The Kier molecular flexibility index (Phi) is 16.1. The third kappa shape index (κ3) is 15.6. The zero-order valence-electron chi connectivity index (χ0n) is 15.4. The minimum atomic E-state index is -0.309. The predicted molar refractivity (Wildman–Crippen MR) is 97.8 cm³/mol. The van der Waals surface area contributed by atoms with Gasteiger partial charge < -0.3 is 25.8 Å². The van der Waals surface area contributed by atoms with Gasteiger partial charge in [-0.1, -0.05) is 32.1 Å². The largest absolute Gasteiger partial charge is 0.378 e. The van der Waals surface area contributed by atoms with Crippen LogP contribution in [0, 0.1) is 12.3 Å². The monoisotopic (exact) mass is 355 g/mol. The van der Waals surface area contributed by atoms with Gasteiger partial charge in [0, 0.05) is 26.1 Å². The third-order valence-electron chi connectivity index (χ3n) is 3.43. The number of nitrogens with two attached hydrogens (primary N) is 1. The normalized spacial score (nSPS) is 11.6. The highest BCUT2D eigenvalue weighted by molar-refractivity contribution is 5.77. The number of carbonyl (C=O) groups excluding carboxylic acids is 2. The molecule has 0 aliphatic carbocycles. The Morgan fingerprint density at radius 3 is 2.40 bits per heavy atom. The van der Waals surface area contributed by atoms with Crippen LogP contribution in [-0.2, 0) is 19.1 Å². The Bertz CT molecular complexity index is 396. The van der Waals surface area contributed by atoms with Crippen molar-refractivity contribution in [2.45, 2.75) is 51.6 Å². The van der Waals surface area contributed by atoms with E-state index in [1.54, 1.807) is 0 Å². The van der Waals surface area contributed by atoms with Crippen LogP contribution in [0.25, 0.3) is 0 Å². The van der Waals surface area contributed by atoms with E-state index in [0.29, 0.717) is 39.3 Å². The number of hydrogen-bond acceptors (Lipinski definition) is 5. The summed E-state index contributed by atoms with van der Waals surface area (Å²) in [5, 5.41) is 5.37. The summed E-state index contributed by atoms with van der Waals surface area (Å²) in [5.74, 6) is 2.27. The summed E-state index contributed by atoms with van der Waals surface area (Å²) in [6.07, 6.45) is 10.7. The molecule has 0 heterocycles. The fourth-order valence-electron chi connectivity index (χ4n) is 2.05. The predicted octanol–water partition coefficient (Wildman–Crippen LogP) is 0.573. The van der Waals surface area contributed by atoms with E-state index >= 15 is 0 Å². The van der Waals surface area contributed by atoms with Crippen molar-refractivity contribution in [3.8, 4) is 12.3 Å². The van der Waals surface area contributed by atoms with Crippen LogP contribution in [0.4, 0.5) is 0 Å². The number of amides is 2. The van der Waals surface area contributed by atoms with E-state index in [-0.39, 0.29) is 24.5 Å². The molecule has 144 valence electrons. The molecule has 0 bridgehead atoms. The van der Waals surface area contributed by atoms with E-state index < -0.39 is 0 Å². The average molecular weight is 355 g/mol. The summed E-state index contributed by atoms with van der Waals surface area (Å²) < 4.78 is 10.7. The van der Waals surface area contributed by atoms with Crippen LogP contribution in [0.15, 0.2) is 0 Å². The molecule has 0 aliphatic rings. The Labute approximate surface area is 151 Å². The number of unbranched alkanes of at least 4 members (excludes halogenated alkanes) is 3. The van der Waals surface area contributed by atoms with E-state index in [1.165, 1.54) is 12.8 Å². The molecule has 4 N–H and O–H groups in total. The number of carbonyl (C=O) groups is 2. The highest BCUT2D eigenvalue weighted by Gasteiger charge is 2.08. The Morgan fingerprint density at radius 2 is 1.80 bits per heavy atom. The molecule has 7 nitrogen and oxygen atoms in total. The van der Waals surface area contributed by atoms with Crippen molar-refractivity contribution < 1.29 is 19.1 Å². The number of nitrogens with one attached hydrogen (secondary N) is 2. The highest BCUT2D eigenvalue weighted by atomic mass is 16.5. The summed E-state index contributed by atoms with van der Waals surface area (Å²) in [7, 11) is 0.